The first-order valence-corrected chi connectivity index (χ1v) is 13.7. The highest BCUT2D eigenvalue weighted by Crippen LogP contribution is 2.32. The molecule has 3 aromatic rings. The van der Waals surface area contributed by atoms with Gasteiger partial charge in [-0.1, -0.05) is 69.9 Å². The summed E-state index contributed by atoms with van der Waals surface area (Å²) in [7, 11) is 0. The van der Waals surface area contributed by atoms with Gasteiger partial charge in [-0.05, 0) is 97.2 Å². The molecule has 0 heterocycles. The molecule has 0 saturated heterocycles. The first-order chi connectivity index (χ1) is 18.1. The fraction of sp³-hybridized carbons (Fsp3) is 0.394. The third kappa shape index (κ3) is 7.35. The summed E-state index contributed by atoms with van der Waals surface area (Å²) in [6.45, 7) is 4.38. The summed E-state index contributed by atoms with van der Waals surface area (Å²) < 4.78 is 29.9. The number of rotatable bonds is 9. The zero-order chi connectivity index (χ0) is 26.0. The number of aryl methyl sites for hydroxylation is 1. The Morgan fingerprint density at radius 2 is 1.51 bits per heavy atom. The van der Waals surface area contributed by atoms with Gasteiger partial charge in [0.05, 0.1) is 16.9 Å². The number of fused-ring (bicyclic) bond motifs is 1. The van der Waals surface area contributed by atoms with Crippen molar-refractivity contribution < 1.29 is 8.78 Å². The molecule has 0 bridgehead atoms. The van der Waals surface area contributed by atoms with Crippen LogP contribution in [-0.2, 0) is 19.3 Å². The second-order valence-electron chi connectivity index (χ2n) is 10.1. The first kappa shape index (κ1) is 26.7. The topological polar surface area (TPSA) is 24.7 Å². The molecule has 1 aliphatic carbocycles. The maximum Gasteiger partial charge on any atom is 0.145 e. The Labute approximate surface area is 220 Å². The lowest BCUT2D eigenvalue weighted by molar-refractivity contribution is 0.402. The van der Waals surface area contributed by atoms with Gasteiger partial charge in [-0.15, -0.1) is 0 Å². The van der Waals surface area contributed by atoms with E-state index in [1.54, 1.807) is 12.1 Å². The quantitative estimate of drug-likeness (QED) is 0.159. The predicted molar refractivity (Wildman–Crippen MR) is 148 cm³/mol. The van der Waals surface area contributed by atoms with Gasteiger partial charge in [0.1, 0.15) is 11.6 Å². The van der Waals surface area contributed by atoms with Crippen LogP contribution >= 0.6 is 0 Å². The molecule has 37 heavy (non-hydrogen) atoms. The van der Waals surface area contributed by atoms with Crippen molar-refractivity contribution in [3.63, 3.8) is 0 Å². The molecule has 1 unspecified atom stereocenters. The Morgan fingerprint density at radius 1 is 0.838 bits per heavy atom. The van der Waals surface area contributed by atoms with E-state index in [4.69, 9.17) is 0 Å². The largest absolute Gasteiger partial charge is 0.206 e. The monoisotopic (exact) mass is 498 g/mol. The standard InChI is InChI=1S/C33H36F2N2/c1-3-5-7-9-24-10-16-28(17-11-24)36-37-29-18-12-25(13-19-29)14-21-31-32(34)23-27-22-26(8-6-4-2)15-20-30(27)33(31)35/h10-13,16-19,23,26H,3-9,15,20,22H2,1-2H3. The second kappa shape index (κ2) is 13.3. The van der Waals surface area contributed by atoms with E-state index in [1.807, 2.05) is 24.3 Å². The van der Waals surface area contributed by atoms with Gasteiger partial charge < -0.3 is 0 Å². The summed E-state index contributed by atoms with van der Waals surface area (Å²) in [5, 5.41) is 8.61. The first-order valence-electron chi connectivity index (χ1n) is 13.7. The van der Waals surface area contributed by atoms with E-state index >= 15 is 4.39 Å². The van der Waals surface area contributed by atoms with Gasteiger partial charge in [-0.2, -0.15) is 10.2 Å². The normalized spacial score (nSPS) is 14.9. The van der Waals surface area contributed by atoms with Gasteiger partial charge >= 0.3 is 0 Å². The number of nitrogens with zero attached hydrogens (tertiary/aromatic N) is 2. The molecule has 0 fully saturated rings. The SMILES string of the molecule is CCCCCc1ccc(N=Nc2ccc(C#Cc3c(F)cc4c(c3F)CCC(CCCC)C4)cc2)cc1. The van der Waals surface area contributed by atoms with Crippen LogP contribution in [0.1, 0.15) is 86.6 Å². The van der Waals surface area contributed by atoms with Crippen LogP contribution in [0.5, 0.6) is 0 Å². The maximum absolute atomic E-state index is 15.2. The van der Waals surface area contributed by atoms with Gasteiger partial charge in [-0.3, -0.25) is 0 Å². The maximum atomic E-state index is 15.2. The third-order valence-electron chi connectivity index (χ3n) is 7.17. The number of azo groups is 1. The van der Waals surface area contributed by atoms with Gasteiger partial charge in [-0.25, -0.2) is 8.78 Å². The Bertz CT molecular complexity index is 1260. The van der Waals surface area contributed by atoms with Crippen LogP contribution in [0.25, 0.3) is 0 Å². The molecule has 1 aliphatic rings. The lowest BCUT2D eigenvalue weighted by Crippen LogP contribution is -2.17. The van der Waals surface area contributed by atoms with Gasteiger partial charge in [0, 0.05) is 5.56 Å². The predicted octanol–water partition coefficient (Wildman–Crippen LogP) is 9.81. The number of unbranched alkanes of at least 4 members (excludes halogenated alkanes) is 3. The zero-order valence-electron chi connectivity index (χ0n) is 22.0. The second-order valence-corrected chi connectivity index (χ2v) is 10.1. The Balaban J connectivity index is 1.40. The van der Waals surface area contributed by atoms with Crippen LogP contribution in [0, 0.1) is 29.4 Å². The minimum absolute atomic E-state index is 0.132. The third-order valence-corrected chi connectivity index (χ3v) is 7.17. The molecule has 0 aliphatic heterocycles. The van der Waals surface area contributed by atoms with Crippen molar-refractivity contribution in [2.45, 2.75) is 78.1 Å². The van der Waals surface area contributed by atoms with Gasteiger partial charge in [0.15, 0.2) is 0 Å². The van der Waals surface area contributed by atoms with E-state index in [0.717, 1.165) is 43.4 Å². The van der Waals surface area contributed by atoms with E-state index in [1.165, 1.54) is 37.3 Å². The lowest BCUT2D eigenvalue weighted by atomic mass is 9.80. The number of benzene rings is 3. The van der Waals surface area contributed by atoms with Crippen molar-refractivity contribution >= 4 is 11.4 Å². The zero-order valence-corrected chi connectivity index (χ0v) is 22.0. The van der Waals surface area contributed by atoms with Gasteiger partial charge in [0.2, 0.25) is 0 Å². The van der Waals surface area contributed by atoms with Crippen molar-refractivity contribution in [2.24, 2.45) is 16.1 Å². The van der Waals surface area contributed by atoms with Crippen molar-refractivity contribution in [1.82, 2.24) is 0 Å². The summed E-state index contributed by atoms with van der Waals surface area (Å²) in [5.74, 6) is 5.12. The van der Waals surface area contributed by atoms with Crippen molar-refractivity contribution in [3.8, 4) is 11.8 Å². The van der Waals surface area contributed by atoms with Crippen molar-refractivity contribution in [3.05, 3.63) is 94.0 Å². The highest BCUT2D eigenvalue weighted by Gasteiger charge is 2.24. The molecule has 0 spiro atoms. The molecule has 4 rings (SSSR count). The summed E-state index contributed by atoms with van der Waals surface area (Å²) in [6.07, 6.45) is 10.6. The van der Waals surface area contributed by atoms with Crippen LogP contribution in [0.4, 0.5) is 20.2 Å². The fourth-order valence-electron chi connectivity index (χ4n) is 4.95. The van der Waals surface area contributed by atoms with E-state index < -0.39 is 11.6 Å². The Morgan fingerprint density at radius 3 is 2.19 bits per heavy atom. The summed E-state index contributed by atoms with van der Waals surface area (Å²) in [6, 6.07) is 16.9. The van der Waals surface area contributed by atoms with Crippen molar-refractivity contribution in [1.29, 1.82) is 0 Å². The fourth-order valence-corrected chi connectivity index (χ4v) is 4.95. The van der Waals surface area contributed by atoms with E-state index in [2.05, 4.69) is 48.0 Å². The average molecular weight is 499 g/mol. The van der Waals surface area contributed by atoms with E-state index in [-0.39, 0.29) is 5.56 Å². The number of halogens is 2. The average Bonchev–Trinajstić information content (AvgIpc) is 2.92. The highest BCUT2D eigenvalue weighted by molar-refractivity contribution is 5.50. The van der Waals surface area contributed by atoms with E-state index in [0.29, 0.717) is 29.2 Å². The summed E-state index contributed by atoms with van der Waals surface area (Å²) >= 11 is 0. The minimum atomic E-state index is -0.568. The Hall–Kier alpha value is -3.32. The molecule has 0 radical (unpaired) electrons. The molecular formula is C33H36F2N2. The molecule has 0 saturated carbocycles. The molecule has 0 aromatic heterocycles. The molecule has 0 amide bonds. The van der Waals surface area contributed by atoms with Crippen molar-refractivity contribution in [2.75, 3.05) is 0 Å². The summed E-state index contributed by atoms with van der Waals surface area (Å²) in [5.41, 5.74) is 4.81. The molecule has 3 aromatic carbocycles. The molecular weight excluding hydrogens is 462 g/mol. The van der Waals surface area contributed by atoms with Crippen LogP contribution < -0.4 is 0 Å². The number of hydrogen-bond acceptors (Lipinski definition) is 2. The van der Waals surface area contributed by atoms with Crippen LogP contribution in [0.2, 0.25) is 0 Å². The number of hydrogen-bond donors (Lipinski definition) is 0. The molecule has 2 nitrogen and oxygen atoms in total. The van der Waals surface area contributed by atoms with E-state index in [9.17, 15) is 4.39 Å². The van der Waals surface area contributed by atoms with Crippen LogP contribution in [0.3, 0.4) is 0 Å². The minimum Gasteiger partial charge on any atom is -0.206 e. The Kier molecular flexibility index (Phi) is 9.60. The molecule has 1 atom stereocenters. The summed E-state index contributed by atoms with van der Waals surface area (Å²) in [4.78, 5) is 0. The van der Waals surface area contributed by atoms with Crippen LogP contribution in [-0.4, -0.2) is 0 Å². The van der Waals surface area contributed by atoms with Crippen LogP contribution in [0.15, 0.2) is 64.8 Å². The highest BCUT2D eigenvalue weighted by atomic mass is 19.1. The molecule has 192 valence electrons. The molecule has 0 N–H and O–H groups in total. The smallest absolute Gasteiger partial charge is 0.145 e. The van der Waals surface area contributed by atoms with Gasteiger partial charge in [0.25, 0.3) is 0 Å². The lowest BCUT2D eigenvalue weighted by Gasteiger charge is -2.25. The molecule has 4 heteroatoms.